The molecule has 0 bridgehead atoms. The maximum atomic E-state index is 11.8. The minimum Gasteiger partial charge on any atom is -0.481 e. The van der Waals surface area contributed by atoms with Crippen molar-refractivity contribution in [2.75, 3.05) is 0 Å². The first kappa shape index (κ1) is 13.6. The van der Waals surface area contributed by atoms with Gasteiger partial charge in [-0.3, -0.25) is 9.59 Å². The van der Waals surface area contributed by atoms with Crippen LogP contribution in [0.3, 0.4) is 0 Å². The molecule has 0 aromatic heterocycles. The molecule has 5 heteroatoms. The number of amides is 1. The number of benzene rings is 1. The van der Waals surface area contributed by atoms with E-state index in [0.717, 1.165) is 5.56 Å². The van der Waals surface area contributed by atoms with Crippen molar-refractivity contribution in [3.8, 4) is 0 Å². The van der Waals surface area contributed by atoms with Crippen molar-refractivity contribution in [3.63, 3.8) is 0 Å². The second-order valence-electron chi connectivity index (χ2n) is 4.54. The first-order valence-electron chi connectivity index (χ1n) is 5.99. The minimum absolute atomic E-state index is 0.122. The van der Waals surface area contributed by atoms with E-state index in [0.29, 0.717) is 11.4 Å². The van der Waals surface area contributed by atoms with Crippen LogP contribution in [0.1, 0.15) is 12.0 Å². The first-order valence-corrected chi connectivity index (χ1v) is 6.37. The van der Waals surface area contributed by atoms with Gasteiger partial charge in [0.1, 0.15) is 0 Å². The SMILES string of the molecule is O=C(Cc1ccc(Cl)cc1)NC1C=CC(C(=O)O)C1. The zero-order valence-electron chi connectivity index (χ0n) is 10.2. The van der Waals surface area contributed by atoms with E-state index in [1.165, 1.54) is 0 Å². The van der Waals surface area contributed by atoms with Crippen LogP contribution in [0.25, 0.3) is 0 Å². The third-order valence-corrected chi connectivity index (χ3v) is 3.28. The van der Waals surface area contributed by atoms with E-state index in [2.05, 4.69) is 5.32 Å². The van der Waals surface area contributed by atoms with Gasteiger partial charge >= 0.3 is 5.97 Å². The van der Waals surface area contributed by atoms with E-state index in [9.17, 15) is 9.59 Å². The smallest absolute Gasteiger partial charge is 0.310 e. The lowest BCUT2D eigenvalue weighted by molar-refractivity contribution is -0.140. The largest absolute Gasteiger partial charge is 0.481 e. The number of hydrogen-bond donors (Lipinski definition) is 2. The Labute approximate surface area is 116 Å². The lowest BCUT2D eigenvalue weighted by Gasteiger charge is -2.12. The summed E-state index contributed by atoms with van der Waals surface area (Å²) in [5.41, 5.74) is 0.874. The normalized spacial score (nSPS) is 21.3. The van der Waals surface area contributed by atoms with Gasteiger partial charge in [-0.05, 0) is 24.1 Å². The highest BCUT2D eigenvalue weighted by atomic mass is 35.5. The lowest BCUT2D eigenvalue weighted by Crippen LogP contribution is -2.34. The Kier molecular flexibility index (Phi) is 4.22. The fraction of sp³-hybridized carbons (Fsp3) is 0.286. The van der Waals surface area contributed by atoms with E-state index in [4.69, 9.17) is 16.7 Å². The Morgan fingerprint density at radius 3 is 2.53 bits per heavy atom. The van der Waals surface area contributed by atoms with Gasteiger partial charge in [0.2, 0.25) is 5.91 Å². The predicted molar refractivity (Wildman–Crippen MR) is 72.0 cm³/mol. The molecule has 0 radical (unpaired) electrons. The van der Waals surface area contributed by atoms with Gasteiger partial charge in [-0.15, -0.1) is 0 Å². The molecule has 1 aliphatic carbocycles. The molecule has 2 rings (SSSR count). The maximum absolute atomic E-state index is 11.8. The van der Waals surface area contributed by atoms with Crippen molar-refractivity contribution in [1.29, 1.82) is 0 Å². The van der Waals surface area contributed by atoms with Gasteiger partial charge in [-0.1, -0.05) is 35.9 Å². The Morgan fingerprint density at radius 1 is 1.26 bits per heavy atom. The number of aliphatic carboxylic acids is 1. The maximum Gasteiger partial charge on any atom is 0.310 e. The van der Waals surface area contributed by atoms with Crippen molar-refractivity contribution in [2.45, 2.75) is 18.9 Å². The fourth-order valence-corrected chi connectivity index (χ4v) is 2.16. The van der Waals surface area contributed by atoms with Crippen LogP contribution >= 0.6 is 11.6 Å². The number of halogens is 1. The molecule has 2 N–H and O–H groups in total. The summed E-state index contributed by atoms with van der Waals surface area (Å²) in [7, 11) is 0. The third kappa shape index (κ3) is 3.83. The topological polar surface area (TPSA) is 66.4 Å². The summed E-state index contributed by atoms with van der Waals surface area (Å²) in [6.45, 7) is 0. The van der Waals surface area contributed by atoms with E-state index in [1.54, 1.807) is 36.4 Å². The molecule has 100 valence electrons. The van der Waals surface area contributed by atoms with E-state index < -0.39 is 11.9 Å². The van der Waals surface area contributed by atoms with Crippen LogP contribution in [0.5, 0.6) is 0 Å². The first-order chi connectivity index (χ1) is 9.04. The van der Waals surface area contributed by atoms with Crippen molar-refractivity contribution in [2.24, 2.45) is 5.92 Å². The Morgan fingerprint density at radius 2 is 1.95 bits per heavy atom. The van der Waals surface area contributed by atoms with Crippen LogP contribution in [-0.2, 0) is 16.0 Å². The number of carbonyl (C=O) groups excluding carboxylic acids is 1. The number of nitrogens with one attached hydrogen (secondary N) is 1. The lowest BCUT2D eigenvalue weighted by atomic mass is 10.1. The van der Waals surface area contributed by atoms with Crippen LogP contribution in [0.15, 0.2) is 36.4 Å². The molecule has 0 spiro atoms. The molecular weight excluding hydrogens is 266 g/mol. The van der Waals surface area contributed by atoms with E-state index in [1.807, 2.05) is 0 Å². The highest BCUT2D eigenvalue weighted by Crippen LogP contribution is 2.18. The Bertz CT molecular complexity index is 510. The number of carboxylic acid groups (broad SMARTS) is 1. The van der Waals surface area contributed by atoms with E-state index >= 15 is 0 Å². The summed E-state index contributed by atoms with van der Waals surface area (Å²) in [6, 6.07) is 6.87. The highest BCUT2D eigenvalue weighted by molar-refractivity contribution is 6.30. The van der Waals surface area contributed by atoms with Gasteiger partial charge in [-0.25, -0.2) is 0 Å². The molecule has 1 aromatic rings. The molecule has 0 heterocycles. The monoisotopic (exact) mass is 279 g/mol. The van der Waals surface area contributed by atoms with Crippen molar-refractivity contribution in [3.05, 3.63) is 47.0 Å². The second-order valence-corrected chi connectivity index (χ2v) is 4.98. The number of rotatable bonds is 4. The third-order valence-electron chi connectivity index (χ3n) is 3.03. The van der Waals surface area contributed by atoms with Gasteiger partial charge in [-0.2, -0.15) is 0 Å². The molecule has 1 aromatic carbocycles. The second kappa shape index (κ2) is 5.89. The molecule has 1 aliphatic rings. The average molecular weight is 280 g/mol. The Balaban J connectivity index is 1.84. The molecule has 0 fully saturated rings. The number of hydrogen-bond acceptors (Lipinski definition) is 2. The minimum atomic E-state index is -0.856. The van der Waals surface area contributed by atoms with Crippen molar-refractivity contribution in [1.82, 2.24) is 5.32 Å². The molecule has 0 saturated carbocycles. The molecule has 0 saturated heterocycles. The summed E-state index contributed by atoms with van der Waals surface area (Å²) < 4.78 is 0. The summed E-state index contributed by atoms with van der Waals surface area (Å²) in [4.78, 5) is 22.6. The van der Waals surface area contributed by atoms with Crippen LogP contribution < -0.4 is 5.32 Å². The number of carbonyl (C=O) groups is 2. The molecule has 0 aliphatic heterocycles. The van der Waals surface area contributed by atoms with Crippen molar-refractivity contribution < 1.29 is 14.7 Å². The summed E-state index contributed by atoms with van der Waals surface area (Å²) in [6.07, 6.45) is 4.04. The number of carboxylic acids is 1. The van der Waals surface area contributed by atoms with Crippen molar-refractivity contribution >= 4 is 23.5 Å². The van der Waals surface area contributed by atoms with Gasteiger partial charge < -0.3 is 10.4 Å². The van der Waals surface area contributed by atoms with Gasteiger partial charge in [0, 0.05) is 11.1 Å². The van der Waals surface area contributed by atoms with Crippen LogP contribution in [-0.4, -0.2) is 23.0 Å². The van der Waals surface area contributed by atoms with Gasteiger partial charge in [0.05, 0.1) is 12.3 Å². The van der Waals surface area contributed by atoms with Gasteiger partial charge in [0.15, 0.2) is 0 Å². The quantitative estimate of drug-likeness (QED) is 0.829. The molecular formula is C14H14ClNO3. The molecule has 19 heavy (non-hydrogen) atoms. The van der Waals surface area contributed by atoms with Crippen LogP contribution in [0, 0.1) is 5.92 Å². The zero-order chi connectivity index (χ0) is 13.8. The molecule has 2 atom stereocenters. The molecule has 2 unspecified atom stereocenters. The molecule has 1 amide bonds. The fourth-order valence-electron chi connectivity index (χ4n) is 2.03. The Hall–Kier alpha value is -1.81. The highest BCUT2D eigenvalue weighted by Gasteiger charge is 2.25. The van der Waals surface area contributed by atoms with Crippen LogP contribution in [0.4, 0.5) is 0 Å². The zero-order valence-corrected chi connectivity index (χ0v) is 10.9. The predicted octanol–water partition coefficient (Wildman–Crippen LogP) is 2.03. The standard InChI is InChI=1S/C14H14ClNO3/c15-11-4-1-9(2-5-11)7-13(17)16-12-6-3-10(8-12)14(18)19/h1-6,10,12H,7-8H2,(H,16,17)(H,18,19). The summed E-state index contributed by atoms with van der Waals surface area (Å²) in [5, 5.41) is 12.3. The van der Waals surface area contributed by atoms with Gasteiger partial charge in [0.25, 0.3) is 0 Å². The average Bonchev–Trinajstić information content (AvgIpc) is 2.80. The van der Waals surface area contributed by atoms with Crippen LogP contribution in [0.2, 0.25) is 5.02 Å². The molecule has 4 nitrogen and oxygen atoms in total. The van der Waals surface area contributed by atoms with E-state index in [-0.39, 0.29) is 18.4 Å². The summed E-state index contributed by atoms with van der Waals surface area (Å²) in [5.74, 6) is -1.48. The summed E-state index contributed by atoms with van der Waals surface area (Å²) >= 11 is 5.77.